The largest absolute Gasteiger partial charge is 0.344 e. The first-order chi connectivity index (χ1) is 10.6. The first kappa shape index (κ1) is 15.9. The molecule has 5 nitrogen and oxygen atoms in total. The van der Waals surface area contributed by atoms with Crippen molar-refractivity contribution < 1.29 is 4.79 Å². The van der Waals surface area contributed by atoms with Gasteiger partial charge in [0.15, 0.2) is 0 Å². The molecule has 22 heavy (non-hydrogen) atoms. The Morgan fingerprint density at radius 1 is 1.23 bits per heavy atom. The second kappa shape index (κ2) is 7.54. The molecule has 0 spiro atoms. The van der Waals surface area contributed by atoms with E-state index in [1.807, 2.05) is 44.2 Å². The van der Waals surface area contributed by atoms with E-state index in [0.717, 1.165) is 18.4 Å². The first-order valence-electron chi connectivity index (χ1n) is 7.55. The van der Waals surface area contributed by atoms with Crippen LogP contribution in [0.15, 0.2) is 47.3 Å². The van der Waals surface area contributed by atoms with Gasteiger partial charge in [-0.15, -0.1) is 0 Å². The fraction of sp³-hybridized carbons (Fsp3) is 0.353. The van der Waals surface area contributed by atoms with Gasteiger partial charge in [-0.25, -0.2) is 4.68 Å². The number of aromatic nitrogens is 2. The van der Waals surface area contributed by atoms with Crippen LogP contribution in [-0.4, -0.2) is 15.7 Å². The number of carbonyl (C=O) groups is 1. The highest BCUT2D eigenvalue weighted by molar-refractivity contribution is 5.92. The van der Waals surface area contributed by atoms with Crippen LogP contribution < -0.4 is 10.9 Å². The molecule has 0 bridgehead atoms. The zero-order valence-corrected chi connectivity index (χ0v) is 13.0. The van der Waals surface area contributed by atoms with Gasteiger partial charge in [-0.05, 0) is 25.0 Å². The van der Waals surface area contributed by atoms with Gasteiger partial charge in [0.05, 0.1) is 6.04 Å². The lowest BCUT2D eigenvalue weighted by Gasteiger charge is -2.14. The summed E-state index contributed by atoms with van der Waals surface area (Å²) >= 11 is 0. The average Bonchev–Trinajstić information content (AvgIpc) is 2.54. The number of carbonyl (C=O) groups excluding carboxylic acids is 1. The third-order valence-electron chi connectivity index (χ3n) is 3.47. The van der Waals surface area contributed by atoms with Crippen LogP contribution in [0.4, 0.5) is 0 Å². The summed E-state index contributed by atoms with van der Waals surface area (Å²) in [7, 11) is 0. The zero-order chi connectivity index (χ0) is 15.9. The van der Waals surface area contributed by atoms with Crippen molar-refractivity contribution in [1.29, 1.82) is 0 Å². The Morgan fingerprint density at radius 3 is 2.64 bits per heavy atom. The fourth-order valence-corrected chi connectivity index (χ4v) is 2.13. The Kier molecular flexibility index (Phi) is 5.47. The van der Waals surface area contributed by atoms with Crippen molar-refractivity contribution in [1.82, 2.24) is 15.1 Å². The maximum Gasteiger partial charge on any atom is 0.272 e. The maximum atomic E-state index is 12.3. The summed E-state index contributed by atoms with van der Waals surface area (Å²) in [5.41, 5.74) is 1.11. The monoisotopic (exact) mass is 299 g/mol. The van der Waals surface area contributed by atoms with Gasteiger partial charge >= 0.3 is 0 Å². The van der Waals surface area contributed by atoms with E-state index in [1.54, 1.807) is 0 Å². The number of nitrogens with zero attached hydrogens (tertiary/aromatic N) is 2. The van der Waals surface area contributed by atoms with Crippen LogP contribution in [0.1, 0.15) is 48.8 Å². The molecule has 0 aliphatic rings. The Morgan fingerprint density at radius 2 is 1.95 bits per heavy atom. The average molecular weight is 299 g/mol. The molecule has 1 aromatic carbocycles. The summed E-state index contributed by atoms with van der Waals surface area (Å²) in [6, 6.07) is 12.5. The van der Waals surface area contributed by atoms with Crippen LogP contribution in [-0.2, 0) is 6.54 Å². The number of unbranched alkanes of at least 4 members (excludes halogenated alkanes) is 1. The van der Waals surface area contributed by atoms with Gasteiger partial charge in [0, 0.05) is 12.6 Å². The van der Waals surface area contributed by atoms with E-state index in [9.17, 15) is 9.59 Å². The predicted octanol–water partition coefficient (Wildman–Crippen LogP) is 2.53. The van der Waals surface area contributed by atoms with Crippen LogP contribution in [0.2, 0.25) is 0 Å². The molecule has 1 aromatic heterocycles. The normalized spacial score (nSPS) is 11.9. The summed E-state index contributed by atoms with van der Waals surface area (Å²) in [6.07, 6.45) is 1.83. The molecule has 0 aliphatic heterocycles. The molecule has 2 rings (SSSR count). The van der Waals surface area contributed by atoms with Crippen molar-refractivity contribution in [2.45, 2.75) is 39.3 Å². The smallest absolute Gasteiger partial charge is 0.272 e. The van der Waals surface area contributed by atoms with Crippen LogP contribution in [0.3, 0.4) is 0 Å². The molecule has 1 N–H and O–H groups in total. The van der Waals surface area contributed by atoms with Crippen molar-refractivity contribution in [3.63, 3.8) is 0 Å². The van der Waals surface area contributed by atoms with Crippen molar-refractivity contribution in [3.05, 3.63) is 64.1 Å². The number of aryl methyl sites for hydroxylation is 1. The minimum Gasteiger partial charge on any atom is -0.344 e. The Bertz CT molecular complexity index is 680. The number of rotatable bonds is 6. The first-order valence-corrected chi connectivity index (χ1v) is 7.55. The van der Waals surface area contributed by atoms with E-state index in [1.165, 1.54) is 16.8 Å². The summed E-state index contributed by atoms with van der Waals surface area (Å²) in [4.78, 5) is 24.0. The molecule has 2 aromatic rings. The lowest BCUT2D eigenvalue weighted by atomic mass is 10.1. The molecular formula is C17H21N3O2. The molecule has 5 heteroatoms. The number of amides is 1. The predicted molar refractivity (Wildman–Crippen MR) is 85.7 cm³/mol. The van der Waals surface area contributed by atoms with E-state index in [4.69, 9.17) is 0 Å². The summed E-state index contributed by atoms with van der Waals surface area (Å²) in [5.74, 6) is -0.276. The Labute approximate surface area is 130 Å². The lowest BCUT2D eigenvalue weighted by Crippen LogP contribution is -2.31. The van der Waals surface area contributed by atoms with E-state index < -0.39 is 0 Å². The van der Waals surface area contributed by atoms with Gasteiger partial charge in [-0.2, -0.15) is 5.10 Å². The van der Waals surface area contributed by atoms with Crippen LogP contribution in [0, 0.1) is 0 Å². The van der Waals surface area contributed by atoms with Crippen LogP contribution in [0.25, 0.3) is 0 Å². The van der Waals surface area contributed by atoms with Gasteiger partial charge in [0.2, 0.25) is 0 Å². The van der Waals surface area contributed by atoms with Crippen molar-refractivity contribution in [3.8, 4) is 0 Å². The standard InChI is InChI=1S/C17H21N3O2/c1-3-4-12-20-16(21)11-10-15(19-20)17(22)18-13(2)14-8-6-5-7-9-14/h5-11,13H,3-4,12H2,1-2H3,(H,18,22). The molecule has 116 valence electrons. The second-order valence-electron chi connectivity index (χ2n) is 5.24. The summed E-state index contributed by atoms with van der Waals surface area (Å²) < 4.78 is 1.35. The van der Waals surface area contributed by atoms with Gasteiger partial charge < -0.3 is 5.32 Å². The molecule has 0 saturated carbocycles. The minimum absolute atomic E-state index is 0.119. The Balaban J connectivity index is 2.11. The quantitative estimate of drug-likeness (QED) is 0.891. The summed E-state index contributed by atoms with van der Waals surface area (Å²) in [6.45, 7) is 4.49. The number of hydrogen-bond acceptors (Lipinski definition) is 3. The van der Waals surface area contributed by atoms with E-state index in [0.29, 0.717) is 6.54 Å². The third kappa shape index (κ3) is 4.04. The van der Waals surface area contributed by atoms with Gasteiger partial charge in [-0.3, -0.25) is 9.59 Å². The molecule has 1 amide bonds. The lowest BCUT2D eigenvalue weighted by molar-refractivity contribution is 0.0932. The fourth-order valence-electron chi connectivity index (χ4n) is 2.13. The minimum atomic E-state index is -0.276. The molecule has 1 heterocycles. The molecule has 0 radical (unpaired) electrons. The third-order valence-corrected chi connectivity index (χ3v) is 3.47. The van der Waals surface area contributed by atoms with E-state index >= 15 is 0 Å². The molecule has 1 unspecified atom stereocenters. The van der Waals surface area contributed by atoms with Gasteiger partial charge in [-0.1, -0.05) is 43.7 Å². The highest BCUT2D eigenvalue weighted by atomic mass is 16.2. The highest BCUT2D eigenvalue weighted by Crippen LogP contribution is 2.11. The number of benzene rings is 1. The zero-order valence-electron chi connectivity index (χ0n) is 13.0. The highest BCUT2D eigenvalue weighted by Gasteiger charge is 2.13. The van der Waals surface area contributed by atoms with Gasteiger partial charge in [0.25, 0.3) is 11.5 Å². The molecule has 0 aliphatic carbocycles. The molecule has 0 saturated heterocycles. The van der Waals surface area contributed by atoms with E-state index in [-0.39, 0.29) is 23.2 Å². The maximum absolute atomic E-state index is 12.3. The number of hydrogen-bond donors (Lipinski definition) is 1. The van der Waals surface area contributed by atoms with Crippen molar-refractivity contribution in [2.75, 3.05) is 0 Å². The molecule has 1 atom stereocenters. The van der Waals surface area contributed by atoms with E-state index in [2.05, 4.69) is 10.4 Å². The molecule has 0 fully saturated rings. The number of nitrogens with one attached hydrogen (secondary N) is 1. The SMILES string of the molecule is CCCCn1nc(C(=O)NC(C)c2ccccc2)ccc1=O. The summed E-state index contributed by atoms with van der Waals surface area (Å²) in [5, 5.41) is 7.05. The second-order valence-corrected chi connectivity index (χ2v) is 5.24. The molecular weight excluding hydrogens is 278 g/mol. The Hall–Kier alpha value is -2.43. The van der Waals surface area contributed by atoms with Gasteiger partial charge in [0.1, 0.15) is 5.69 Å². The van der Waals surface area contributed by atoms with Crippen LogP contribution in [0.5, 0.6) is 0 Å². The van der Waals surface area contributed by atoms with Crippen molar-refractivity contribution in [2.24, 2.45) is 0 Å². The van der Waals surface area contributed by atoms with Crippen molar-refractivity contribution >= 4 is 5.91 Å². The van der Waals surface area contributed by atoms with Crippen LogP contribution >= 0.6 is 0 Å². The topological polar surface area (TPSA) is 64.0 Å².